The van der Waals surface area contributed by atoms with E-state index in [1.165, 1.54) is 4.90 Å². The van der Waals surface area contributed by atoms with Crippen molar-refractivity contribution in [3.63, 3.8) is 0 Å². The minimum Gasteiger partial charge on any atom is -0.389 e. The van der Waals surface area contributed by atoms with E-state index in [-0.39, 0.29) is 18.4 Å². The van der Waals surface area contributed by atoms with E-state index in [9.17, 15) is 14.7 Å². The number of nitrogens with zero attached hydrogens (tertiary/aromatic N) is 1. The SMILES string of the molecule is CN(CC(C)(C)O)C(=O)C(NC(=O)c1ccccc1)c1ccccc1. The van der Waals surface area contributed by atoms with E-state index in [1.807, 2.05) is 24.3 Å². The van der Waals surface area contributed by atoms with Gasteiger partial charge in [0.15, 0.2) is 0 Å². The number of carbonyl (C=O) groups excluding carboxylic acids is 2. The first-order valence-electron chi connectivity index (χ1n) is 8.16. The molecule has 0 radical (unpaired) electrons. The Morgan fingerprint density at radius 2 is 1.56 bits per heavy atom. The maximum Gasteiger partial charge on any atom is 0.252 e. The van der Waals surface area contributed by atoms with E-state index in [4.69, 9.17) is 0 Å². The van der Waals surface area contributed by atoms with Gasteiger partial charge in [0.05, 0.1) is 5.60 Å². The van der Waals surface area contributed by atoms with Crippen LogP contribution in [0, 0.1) is 0 Å². The van der Waals surface area contributed by atoms with Crippen molar-refractivity contribution in [2.24, 2.45) is 0 Å². The van der Waals surface area contributed by atoms with Gasteiger partial charge in [-0.25, -0.2) is 0 Å². The van der Waals surface area contributed by atoms with Crippen molar-refractivity contribution in [3.05, 3.63) is 71.8 Å². The molecule has 2 N–H and O–H groups in total. The summed E-state index contributed by atoms with van der Waals surface area (Å²) >= 11 is 0. The van der Waals surface area contributed by atoms with Gasteiger partial charge in [-0.15, -0.1) is 0 Å². The normalized spacial score (nSPS) is 12.3. The first-order valence-corrected chi connectivity index (χ1v) is 8.16. The minimum atomic E-state index is -1.02. The topological polar surface area (TPSA) is 69.6 Å². The van der Waals surface area contributed by atoms with Crippen LogP contribution in [0.25, 0.3) is 0 Å². The fourth-order valence-electron chi connectivity index (χ4n) is 2.62. The molecule has 0 fully saturated rings. The lowest BCUT2D eigenvalue weighted by Gasteiger charge is -2.29. The molecule has 2 amide bonds. The zero-order valence-electron chi connectivity index (χ0n) is 14.8. The smallest absolute Gasteiger partial charge is 0.252 e. The van der Waals surface area contributed by atoms with Crippen LogP contribution >= 0.6 is 0 Å². The second kappa shape index (κ2) is 7.94. The molecule has 0 bridgehead atoms. The summed E-state index contributed by atoms with van der Waals surface area (Å²) in [6.07, 6.45) is 0. The van der Waals surface area contributed by atoms with Crippen LogP contribution in [0.4, 0.5) is 0 Å². The summed E-state index contributed by atoms with van der Waals surface area (Å²) in [5.74, 6) is -0.600. The molecule has 0 aliphatic rings. The van der Waals surface area contributed by atoms with Crippen LogP contribution in [-0.2, 0) is 4.79 Å². The Labute approximate surface area is 148 Å². The molecule has 1 atom stereocenters. The van der Waals surface area contributed by atoms with E-state index < -0.39 is 11.6 Å². The number of rotatable bonds is 6. The summed E-state index contributed by atoms with van der Waals surface area (Å²) in [6, 6.07) is 17.0. The first-order chi connectivity index (χ1) is 11.8. The third kappa shape index (κ3) is 5.43. The molecule has 0 spiro atoms. The van der Waals surface area contributed by atoms with Crippen LogP contribution in [0.1, 0.15) is 35.8 Å². The molecule has 0 heterocycles. The Bertz CT molecular complexity index is 709. The van der Waals surface area contributed by atoms with Crippen molar-refractivity contribution in [2.45, 2.75) is 25.5 Å². The van der Waals surface area contributed by atoms with Crippen LogP contribution in [0.5, 0.6) is 0 Å². The van der Waals surface area contributed by atoms with Gasteiger partial charge >= 0.3 is 0 Å². The van der Waals surface area contributed by atoms with Crippen LogP contribution in [0.3, 0.4) is 0 Å². The van der Waals surface area contributed by atoms with Gasteiger partial charge in [-0.2, -0.15) is 0 Å². The second-order valence-electron chi connectivity index (χ2n) is 6.69. The van der Waals surface area contributed by atoms with Gasteiger partial charge in [0, 0.05) is 19.2 Å². The number of likely N-dealkylation sites (N-methyl/N-ethyl adjacent to an activating group) is 1. The maximum atomic E-state index is 12.9. The summed E-state index contributed by atoms with van der Waals surface area (Å²) in [6.45, 7) is 3.43. The quantitative estimate of drug-likeness (QED) is 0.848. The van der Waals surface area contributed by atoms with E-state index in [0.717, 1.165) is 0 Å². The Hall–Kier alpha value is -2.66. The third-order valence-corrected chi connectivity index (χ3v) is 3.69. The van der Waals surface area contributed by atoms with Crippen LogP contribution in [0.2, 0.25) is 0 Å². The lowest BCUT2D eigenvalue weighted by molar-refractivity contribution is -0.134. The largest absolute Gasteiger partial charge is 0.389 e. The maximum absolute atomic E-state index is 12.9. The molecule has 5 heteroatoms. The highest BCUT2D eigenvalue weighted by atomic mass is 16.3. The average molecular weight is 340 g/mol. The summed E-state index contributed by atoms with van der Waals surface area (Å²) in [5, 5.41) is 12.8. The third-order valence-electron chi connectivity index (χ3n) is 3.69. The first kappa shape index (κ1) is 18.7. The lowest BCUT2D eigenvalue weighted by Crippen LogP contribution is -2.46. The van der Waals surface area contributed by atoms with Crippen LogP contribution in [-0.4, -0.2) is 41.0 Å². The van der Waals surface area contributed by atoms with E-state index in [0.29, 0.717) is 11.1 Å². The molecule has 1 unspecified atom stereocenters. The molecule has 2 aromatic rings. The Morgan fingerprint density at radius 1 is 1.04 bits per heavy atom. The second-order valence-corrected chi connectivity index (χ2v) is 6.69. The number of hydrogen-bond acceptors (Lipinski definition) is 3. The number of carbonyl (C=O) groups is 2. The van der Waals surface area contributed by atoms with Gasteiger partial charge in [0.25, 0.3) is 5.91 Å². The monoisotopic (exact) mass is 340 g/mol. The highest BCUT2D eigenvalue weighted by molar-refractivity contribution is 5.97. The number of hydrogen-bond donors (Lipinski definition) is 2. The molecule has 2 aromatic carbocycles. The van der Waals surface area contributed by atoms with Gasteiger partial charge in [-0.3, -0.25) is 9.59 Å². The predicted molar refractivity (Wildman–Crippen MR) is 97.0 cm³/mol. The molecule has 132 valence electrons. The highest BCUT2D eigenvalue weighted by Crippen LogP contribution is 2.17. The predicted octanol–water partition coefficient (Wildman–Crippen LogP) is 2.39. The molecule has 0 aromatic heterocycles. The standard InChI is InChI=1S/C20H24N2O3/c1-20(2,25)14-22(3)19(24)17(15-10-6-4-7-11-15)21-18(23)16-12-8-5-9-13-16/h4-13,17,25H,14H2,1-3H3,(H,21,23). The van der Waals surface area contributed by atoms with E-state index >= 15 is 0 Å². The molecule has 0 aliphatic carbocycles. The zero-order valence-corrected chi connectivity index (χ0v) is 14.8. The van der Waals surface area contributed by atoms with Gasteiger partial charge in [0.2, 0.25) is 5.91 Å². The Morgan fingerprint density at radius 3 is 2.08 bits per heavy atom. The van der Waals surface area contributed by atoms with Crippen molar-refractivity contribution in [1.82, 2.24) is 10.2 Å². The molecule has 0 aliphatic heterocycles. The number of amides is 2. The van der Waals surface area contributed by atoms with Crippen molar-refractivity contribution < 1.29 is 14.7 Å². The van der Waals surface area contributed by atoms with Crippen molar-refractivity contribution in [2.75, 3.05) is 13.6 Å². The average Bonchev–Trinajstić information content (AvgIpc) is 2.59. The van der Waals surface area contributed by atoms with Crippen LogP contribution < -0.4 is 5.32 Å². The zero-order chi connectivity index (χ0) is 18.4. The van der Waals surface area contributed by atoms with Crippen LogP contribution in [0.15, 0.2) is 60.7 Å². The molecule has 0 saturated carbocycles. The summed E-state index contributed by atoms with van der Waals surface area (Å²) < 4.78 is 0. The minimum absolute atomic E-state index is 0.163. The van der Waals surface area contributed by atoms with E-state index in [1.54, 1.807) is 57.3 Å². The fourth-order valence-corrected chi connectivity index (χ4v) is 2.62. The van der Waals surface area contributed by atoms with Gasteiger partial charge in [-0.1, -0.05) is 48.5 Å². The lowest BCUT2D eigenvalue weighted by atomic mass is 10.0. The fraction of sp³-hybridized carbons (Fsp3) is 0.300. The summed E-state index contributed by atoms with van der Waals surface area (Å²) in [7, 11) is 1.62. The number of benzene rings is 2. The Kier molecular flexibility index (Phi) is 5.93. The van der Waals surface area contributed by atoms with Crippen molar-refractivity contribution in [3.8, 4) is 0 Å². The summed E-state index contributed by atoms with van der Waals surface area (Å²) in [4.78, 5) is 26.8. The molecule has 0 saturated heterocycles. The number of nitrogens with one attached hydrogen (secondary N) is 1. The van der Waals surface area contributed by atoms with Gasteiger partial charge < -0.3 is 15.3 Å². The highest BCUT2D eigenvalue weighted by Gasteiger charge is 2.28. The Balaban J connectivity index is 2.25. The van der Waals surface area contributed by atoms with Gasteiger partial charge in [0.1, 0.15) is 6.04 Å². The molecular formula is C20H24N2O3. The van der Waals surface area contributed by atoms with Crippen molar-refractivity contribution >= 4 is 11.8 Å². The molecule has 2 rings (SSSR count). The molecular weight excluding hydrogens is 316 g/mol. The summed E-state index contributed by atoms with van der Waals surface area (Å²) in [5.41, 5.74) is 0.162. The molecule has 5 nitrogen and oxygen atoms in total. The molecule has 25 heavy (non-hydrogen) atoms. The number of aliphatic hydroxyl groups is 1. The van der Waals surface area contributed by atoms with Crippen molar-refractivity contribution in [1.29, 1.82) is 0 Å². The van der Waals surface area contributed by atoms with E-state index in [2.05, 4.69) is 5.32 Å². The van der Waals surface area contributed by atoms with Gasteiger partial charge in [-0.05, 0) is 31.5 Å².